The van der Waals surface area contributed by atoms with Gasteiger partial charge in [0.25, 0.3) is 5.91 Å². The lowest BCUT2D eigenvalue weighted by Gasteiger charge is -2.11. The van der Waals surface area contributed by atoms with Crippen molar-refractivity contribution in [2.75, 3.05) is 6.26 Å². The van der Waals surface area contributed by atoms with E-state index in [-0.39, 0.29) is 15.5 Å². The summed E-state index contributed by atoms with van der Waals surface area (Å²) >= 11 is 0.815. The van der Waals surface area contributed by atoms with Crippen LogP contribution in [0.2, 0.25) is 0 Å². The second kappa shape index (κ2) is 6.67. The molecule has 0 radical (unpaired) electrons. The Morgan fingerprint density at radius 1 is 1.45 bits per heavy atom. The van der Waals surface area contributed by atoms with Crippen molar-refractivity contribution >= 4 is 33.1 Å². The third-order valence-corrected chi connectivity index (χ3v) is 5.29. The molecule has 1 amide bonds. The molecule has 1 rings (SSSR count). The standard InChI is InChI=1S/C12H15NO5S2/c1-3-4-5-8(12(15)16)13-11(14)9-6-7-10(19-9)20(2,17)18/h3-4,6-8H,5H2,1-2H3,(H,13,14)(H,15,16)/b4-3+. The van der Waals surface area contributed by atoms with Gasteiger partial charge in [0, 0.05) is 6.26 Å². The Bertz CT molecular complexity index is 630. The average molecular weight is 317 g/mol. The van der Waals surface area contributed by atoms with Gasteiger partial charge in [-0.15, -0.1) is 11.3 Å². The van der Waals surface area contributed by atoms with Gasteiger partial charge in [0.05, 0.1) is 4.88 Å². The quantitative estimate of drug-likeness (QED) is 0.770. The van der Waals surface area contributed by atoms with E-state index < -0.39 is 27.8 Å². The van der Waals surface area contributed by atoms with Crippen LogP contribution in [-0.2, 0) is 14.6 Å². The lowest BCUT2D eigenvalue weighted by Crippen LogP contribution is -2.40. The molecule has 1 aromatic heterocycles. The molecule has 6 nitrogen and oxygen atoms in total. The molecule has 1 atom stereocenters. The monoisotopic (exact) mass is 317 g/mol. The fourth-order valence-corrected chi connectivity index (χ4v) is 3.20. The first-order valence-corrected chi connectivity index (χ1v) is 8.41. The third-order valence-electron chi connectivity index (χ3n) is 2.38. The number of carbonyl (C=O) groups excluding carboxylic acids is 1. The van der Waals surface area contributed by atoms with Crippen molar-refractivity contribution in [3.05, 3.63) is 29.2 Å². The number of carboxylic acid groups (broad SMARTS) is 1. The van der Waals surface area contributed by atoms with Crippen LogP contribution in [0.3, 0.4) is 0 Å². The summed E-state index contributed by atoms with van der Waals surface area (Å²) in [5.41, 5.74) is 0. The summed E-state index contributed by atoms with van der Waals surface area (Å²) < 4.78 is 22.7. The number of hydrogen-bond acceptors (Lipinski definition) is 5. The van der Waals surface area contributed by atoms with Crippen LogP contribution in [-0.4, -0.2) is 37.7 Å². The summed E-state index contributed by atoms with van der Waals surface area (Å²) in [4.78, 5) is 23.0. The van der Waals surface area contributed by atoms with E-state index in [4.69, 9.17) is 5.11 Å². The Hall–Kier alpha value is -1.67. The second-order valence-corrected chi connectivity index (χ2v) is 7.39. The number of thiophene rings is 1. The Kier molecular flexibility index (Phi) is 5.46. The minimum atomic E-state index is -3.36. The van der Waals surface area contributed by atoms with E-state index in [0.717, 1.165) is 17.6 Å². The van der Waals surface area contributed by atoms with Crippen molar-refractivity contribution in [1.29, 1.82) is 0 Å². The van der Waals surface area contributed by atoms with Gasteiger partial charge in [-0.25, -0.2) is 13.2 Å². The second-order valence-electron chi connectivity index (χ2n) is 4.06. The molecule has 20 heavy (non-hydrogen) atoms. The van der Waals surface area contributed by atoms with Gasteiger partial charge >= 0.3 is 5.97 Å². The van der Waals surface area contributed by atoms with E-state index in [2.05, 4.69) is 5.32 Å². The van der Waals surface area contributed by atoms with Gasteiger partial charge < -0.3 is 10.4 Å². The molecule has 0 aliphatic rings. The van der Waals surface area contributed by atoms with Crippen molar-refractivity contribution < 1.29 is 23.1 Å². The zero-order valence-corrected chi connectivity index (χ0v) is 12.6. The predicted octanol–water partition coefficient (Wildman–Crippen LogP) is 1.30. The number of aliphatic carboxylic acids is 1. The molecule has 2 N–H and O–H groups in total. The zero-order valence-electron chi connectivity index (χ0n) is 11.0. The van der Waals surface area contributed by atoms with Crippen LogP contribution in [0.4, 0.5) is 0 Å². The Labute approximate surface area is 121 Å². The van der Waals surface area contributed by atoms with Crippen molar-refractivity contribution in [2.45, 2.75) is 23.6 Å². The first-order chi connectivity index (χ1) is 9.25. The van der Waals surface area contributed by atoms with Crippen molar-refractivity contribution in [1.82, 2.24) is 5.32 Å². The number of carboxylic acids is 1. The Morgan fingerprint density at radius 3 is 2.55 bits per heavy atom. The molecule has 0 bridgehead atoms. The van der Waals surface area contributed by atoms with Gasteiger partial charge in [-0.3, -0.25) is 4.79 Å². The van der Waals surface area contributed by atoms with Gasteiger partial charge in [0.2, 0.25) is 0 Å². The predicted molar refractivity (Wildman–Crippen MR) is 75.7 cm³/mol. The van der Waals surface area contributed by atoms with Crippen LogP contribution in [0, 0.1) is 0 Å². The highest BCUT2D eigenvalue weighted by Crippen LogP contribution is 2.21. The summed E-state index contributed by atoms with van der Waals surface area (Å²) in [5, 5.41) is 11.3. The van der Waals surface area contributed by atoms with E-state index in [1.165, 1.54) is 12.1 Å². The average Bonchev–Trinajstić information content (AvgIpc) is 2.83. The van der Waals surface area contributed by atoms with Crippen molar-refractivity contribution in [3.63, 3.8) is 0 Å². The summed E-state index contributed by atoms with van der Waals surface area (Å²) in [5.74, 6) is -1.74. The van der Waals surface area contributed by atoms with E-state index in [9.17, 15) is 18.0 Å². The molecular weight excluding hydrogens is 302 g/mol. The molecule has 8 heteroatoms. The fraction of sp³-hybridized carbons (Fsp3) is 0.333. The summed E-state index contributed by atoms with van der Waals surface area (Å²) in [6, 6.07) is 1.66. The maximum Gasteiger partial charge on any atom is 0.326 e. The number of sulfone groups is 1. The molecule has 0 aromatic carbocycles. The minimum Gasteiger partial charge on any atom is -0.480 e. The topological polar surface area (TPSA) is 101 Å². The van der Waals surface area contributed by atoms with Crippen LogP contribution in [0.25, 0.3) is 0 Å². The number of allylic oxidation sites excluding steroid dienone is 1. The highest BCUT2D eigenvalue weighted by atomic mass is 32.2. The van der Waals surface area contributed by atoms with Gasteiger partial charge in [-0.1, -0.05) is 12.2 Å². The number of hydrogen-bond donors (Lipinski definition) is 2. The molecule has 0 aliphatic carbocycles. The Morgan fingerprint density at radius 2 is 2.10 bits per heavy atom. The van der Waals surface area contributed by atoms with E-state index in [1.54, 1.807) is 19.1 Å². The van der Waals surface area contributed by atoms with Gasteiger partial charge in [-0.05, 0) is 25.5 Å². The fourth-order valence-electron chi connectivity index (χ4n) is 1.36. The summed E-state index contributed by atoms with van der Waals surface area (Å²) in [6.07, 6.45) is 4.54. The van der Waals surface area contributed by atoms with Crippen LogP contribution >= 0.6 is 11.3 Å². The molecule has 1 unspecified atom stereocenters. The first-order valence-electron chi connectivity index (χ1n) is 5.70. The smallest absolute Gasteiger partial charge is 0.326 e. The van der Waals surface area contributed by atoms with Crippen molar-refractivity contribution in [3.8, 4) is 0 Å². The molecule has 0 saturated carbocycles. The zero-order chi connectivity index (χ0) is 15.3. The Balaban J connectivity index is 2.84. The summed E-state index contributed by atoms with van der Waals surface area (Å²) in [6.45, 7) is 1.75. The highest BCUT2D eigenvalue weighted by Gasteiger charge is 2.21. The number of rotatable bonds is 6. The van der Waals surface area contributed by atoms with Crippen LogP contribution in [0.1, 0.15) is 23.0 Å². The minimum absolute atomic E-state index is 0.0722. The highest BCUT2D eigenvalue weighted by molar-refractivity contribution is 7.92. The SMILES string of the molecule is C/C=C/CC(NC(=O)c1ccc(S(C)(=O)=O)s1)C(=O)O. The molecule has 0 aliphatic heterocycles. The van der Waals surface area contributed by atoms with Gasteiger partial charge in [0.15, 0.2) is 9.84 Å². The maximum absolute atomic E-state index is 11.9. The van der Waals surface area contributed by atoms with Crippen LogP contribution in [0.5, 0.6) is 0 Å². The van der Waals surface area contributed by atoms with Crippen LogP contribution in [0.15, 0.2) is 28.5 Å². The molecule has 1 heterocycles. The van der Waals surface area contributed by atoms with E-state index in [0.29, 0.717) is 0 Å². The lowest BCUT2D eigenvalue weighted by atomic mass is 10.2. The molecule has 0 saturated heterocycles. The number of carbonyl (C=O) groups is 2. The number of nitrogens with one attached hydrogen (secondary N) is 1. The lowest BCUT2D eigenvalue weighted by molar-refractivity contribution is -0.139. The van der Waals surface area contributed by atoms with E-state index >= 15 is 0 Å². The number of amides is 1. The van der Waals surface area contributed by atoms with E-state index in [1.807, 2.05) is 0 Å². The molecule has 0 fully saturated rings. The van der Waals surface area contributed by atoms with Gasteiger partial charge in [-0.2, -0.15) is 0 Å². The molecular formula is C12H15NO5S2. The van der Waals surface area contributed by atoms with Gasteiger partial charge in [0.1, 0.15) is 10.3 Å². The molecule has 110 valence electrons. The van der Waals surface area contributed by atoms with Crippen LogP contribution < -0.4 is 5.32 Å². The molecule has 1 aromatic rings. The third kappa shape index (κ3) is 4.46. The largest absolute Gasteiger partial charge is 0.480 e. The van der Waals surface area contributed by atoms with Crippen molar-refractivity contribution in [2.24, 2.45) is 0 Å². The summed E-state index contributed by atoms with van der Waals surface area (Å²) in [7, 11) is -3.36. The normalized spacial score (nSPS) is 13.3. The first kappa shape index (κ1) is 16.4. The maximum atomic E-state index is 11.9. The molecule has 0 spiro atoms.